The lowest BCUT2D eigenvalue weighted by molar-refractivity contribution is 0.224. The van der Waals surface area contributed by atoms with Crippen molar-refractivity contribution in [2.75, 3.05) is 0 Å². The lowest BCUT2D eigenvalue weighted by atomic mass is 10.0. The minimum absolute atomic E-state index is 0.639. The molecule has 0 amide bonds. The van der Waals surface area contributed by atoms with Crippen LogP contribution in [0.15, 0.2) is 48.7 Å². The molecule has 1 atom stereocenters. The van der Waals surface area contributed by atoms with Gasteiger partial charge in [-0.2, -0.15) is 0 Å². The summed E-state index contributed by atoms with van der Waals surface area (Å²) in [5, 5.41) is 16.2. The zero-order chi connectivity index (χ0) is 11.7. The summed E-state index contributed by atoms with van der Waals surface area (Å²) in [5.41, 5.74) is 0.870. The van der Waals surface area contributed by atoms with Gasteiger partial charge in [0.15, 0.2) is 0 Å². The van der Waals surface area contributed by atoms with Gasteiger partial charge in [0.2, 0.25) is 0 Å². The summed E-state index contributed by atoms with van der Waals surface area (Å²) in [7, 11) is 0. The highest BCUT2D eigenvalue weighted by Crippen LogP contribution is 2.26. The summed E-state index contributed by atoms with van der Waals surface area (Å²) in [6.45, 7) is 0. The molecule has 1 aromatic heterocycles. The van der Waals surface area contributed by atoms with Gasteiger partial charge in [0.1, 0.15) is 6.10 Å². The van der Waals surface area contributed by atoms with Gasteiger partial charge in [-0.15, -0.1) is 5.10 Å². The smallest absolute Gasteiger partial charge is 0.116 e. The zero-order valence-electron chi connectivity index (χ0n) is 8.95. The van der Waals surface area contributed by atoms with Crippen molar-refractivity contribution >= 4 is 22.3 Å². The number of fused-ring (bicyclic) bond motifs is 1. The highest BCUT2D eigenvalue weighted by atomic mass is 32.1. The van der Waals surface area contributed by atoms with Gasteiger partial charge in [0.25, 0.3) is 0 Å². The minimum atomic E-state index is -0.639. The maximum absolute atomic E-state index is 10.2. The number of hydrogen-bond donors (Lipinski definition) is 1. The Balaban J connectivity index is 2.06. The van der Waals surface area contributed by atoms with E-state index in [1.165, 1.54) is 16.9 Å². The fourth-order valence-corrected chi connectivity index (χ4v) is 2.36. The van der Waals surface area contributed by atoms with E-state index in [1.807, 2.05) is 36.4 Å². The van der Waals surface area contributed by atoms with Gasteiger partial charge in [-0.3, -0.25) is 0 Å². The van der Waals surface area contributed by atoms with Crippen molar-refractivity contribution in [2.24, 2.45) is 0 Å². The van der Waals surface area contributed by atoms with Crippen LogP contribution in [0.25, 0.3) is 10.8 Å². The first kappa shape index (κ1) is 10.4. The van der Waals surface area contributed by atoms with Gasteiger partial charge in [-0.1, -0.05) is 40.9 Å². The van der Waals surface area contributed by atoms with Crippen LogP contribution in [0.2, 0.25) is 0 Å². The van der Waals surface area contributed by atoms with Gasteiger partial charge in [0.05, 0.1) is 11.1 Å². The summed E-state index contributed by atoms with van der Waals surface area (Å²) in [6, 6.07) is 14.0. The molecule has 3 nitrogen and oxygen atoms in total. The van der Waals surface area contributed by atoms with Crippen molar-refractivity contribution in [3.63, 3.8) is 0 Å². The molecular formula is C13H10N2OS. The number of aliphatic hydroxyl groups excluding tert-OH is 1. The van der Waals surface area contributed by atoms with Crippen LogP contribution in [-0.2, 0) is 0 Å². The van der Waals surface area contributed by atoms with Crippen molar-refractivity contribution in [2.45, 2.75) is 6.10 Å². The number of nitrogens with zero attached hydrogens (tertiary/aromatic N) is 2. The predicted molar refractivity (Wildman–Crippen MR) is 67.9 cm³/mol. The van der Waals surface area contributed by atoms with Crippen LogP contribution < -0.4 is 0 Å². The first-order valence-electron chi connectivity index (χ1n) is 5.28. The van der Waals surface area contributed by atoms with E-state index < -0.39 is 6.10 Å². The van der Waals surface area contributed by atoms with Crippen molar-refractivity contribution in [3.8, 4) is 0 Å². The van der Waals surface area contributed by atoms with Crippen molar-refractivity contribution in [1.29, 1.82) is 0 Å². The van der Waals surface area contributed by atoms with Gasteiger partial charge < -0.3 is 5.11 Å². The van der Waals surface area contributed by atoms with Gasteiger partial charge >= 0.3 is 0 Å². The monoisotopic (exact) mass is 242 g/mol. The van der Waals surface area contributed by atoms with Crippen LogP contribution in [-0.4, -0.2) is 14.7 Å². The molecule has 0 saturated carbocycles. The topological polar surface area (TPSA) is 46.0 Å². The third kappa shape index (κ3) is 1.92. The fourth-order valence-electron chi connectivity index (χ4n) is 1.84. The Bertz CT molecular complexity index is 637. The number of aromatic nitrogens is 2. The molecule has 1 heterocycles. The molecule has 0 aliphatic heterocycles. The van der Waals surface area contributed by atoms with Crippen LogP contribution in [0, 0.1) is 0 Å². The van der Waals surface area contributed by atoms with Crippen LogP contribution in [0.5, 0.6) is 0 Å². The third-order valence-corrected chi connectivity index (χ3v) is 3.45. The average molecular weight is 242 g/mol. The molecule has 3 aromatic rings. The van der Waals surface area contributed by atoms with Crippen LogP contribution in [0.4, 0.5) is 0 Å². The summed E-state index contributed by atoms with van der Waals surface area (Å²) in [6.07, 6.45) is 0.962. The predicted octanol–water partition coefficient (Wildman–Crippen LogP) is 2.77. The molecule has 0 fully saturated rings. The molecule has 0 radical (unpaired) electrons. The van der Waals surface area contributed by atoms with E-state index in [0.717, 1.165) is 15.8 Å². The van der Waals surface area contributed by atoms with Crippen molar-refractivity contribution in [1.82, 2.24) is 9.59 Å². The van der Waals surface area contributed by atoms with Crippen LogP contribution >= 0.6 is 11.5 Å². The van der Waals surface area contributed by atoms with E-state index in [1.54, 1.807) is 6.20 Å². The molecule has 3 rings (SSSR count). The Morgan fingerprint density at radius 2 is 1.88 bits per heavy atom. The quantitative estimate of drug-likeness (QED) is 0.751. The largest absolute Gasteiger partial charge is 0.383 e. The normalized spacial score (nSPS) is 12.8. The molecule has 1 unspecified atom stereocenters. The molecule has 0 bridgehead atoms. The summed E-state index contributed by atoms with van der Waals surface area (Å²) >= 11 is 1.22. The summed E-state index contributed by atoms with van der Waals surface area (Å²) in [4.78, 5) is 0.764. The standard InChI is InChI=1S/C13H10N2OS/c16-13(12-8-14-15-17-12)11-6-5-9-3-1-2-4-10(9)7-11/h1-8,13,16H. The molecular weight excluding hydrogens is 232 g/mol. The Morgan fingerprint density at radius 3 is 2.65 bits per heavy atom. The van der Waals surface area contributed by atoms with Gasteiger partial charge in [-0.25, -0.2) is 0 Å². The second kappa shape index (κ2) is 4.24. The maximum atomic E-state index is 10.2. The number of hydrogen-bond acceptors (Lipinski definition) is 4. The lowest BCUT2D eigenvalue weighted by Crippen LogP contribution is -1.96. The molecule has 0 aliphatic carbocycles. The van der Waals surface area contributed by atoms with E-state index in [-0.39, 0.29) is 0 Å². The third-order valence-electron chi connectivity index (χ3n) is 2.74. The molecule has 84 valence electrons. The molecule has 0 spiro atoms. The van der Waals surface area contributed by atoms with Crippen molar-refractivity contribution in [3.05, 3.63) is 59.1 Å². The Morgan fingerprint density at radius 1 is 1.06 bits per heavy atom. The van der Waals surface area contributed by atoms with Crippen molar-refractivity contribution < 1.29 is 5.11 Å². The first-order valence-corrected chi connectivity index (χ1v) is 6.06. The molecule has 1 N–H and O–H groups in total. The molecule has 2 aromatic carbocycles. The summed E-state index contributed by atoms with van der Waals surface area (Å²) < 4.78 is 3.76. The molecule has 4 heteroatoms. The Hall–Kier alpha value is -1.78. The Kier molecular flexibility index (Phi) is 2.59. The van der Waals surface area contributed by atoms with Crippen LogP contribution in [0.3, 0.4) is 0 Å². The van der Waals surface area contributed by atoms with E-state index in [2.05, 4.69) is 15.7 Å². The number of benzene rings is 2. The zero-order valence-corrected chi connectivity index (χ0v) is 9.76. The van der Waals surface area contributed by atoms with E-state index in [9.17, 15) is 5.11 Å². The van der Waals surface area contributed by atoms with Gasteiger partial charge in [-0.05, 0) is 33.9 Å². The van der Waals surface area contributed by atoms with Crippen LogP contribution in [0.1, 0.15) is 16.5 Å². The Labute approximate surface area is 103 Å². The maximum Gasteiger partial charge on any atom is 0.116 e. The molecule has 0 saturated heterocycles. The van der Waals surface area contributed by atoms with E-state index >= 15 is 0 Å². The van der Waals surface area contributed by atoms with Gasteiger partial charge in [0, 0.05) is 0 Å². The number of aliphatic hydroxyl groups is 1. The SMILES string of the molecule is OC(c1ccc2ccccc2c1)c1cnns1. The second-order valence-electron chi connectivity index (χ2n) is 3.83. The number of rotatable bonds is 2. The highest BCUT2D eigenvalue weighted by Gasteiger charge is 2.12. The lowest BCUT2D eigenvalue weighted by Gasteiger charge is -2.08. The minimum Gasteiger partial charge on any atom is -0.383 e. The van der Waals surface area contributed by atoms with E-state index in [0.29, 0.717) is 0 Å². The first-order chi connectivity index (χ1) is 8.34. The highest BCUT2D eigenvalue weighted by molar-refractivity contribution is 7.05. The second-order valence-corrected chi connectivity index (χ2v) is 4.65. The fraction of sp³-hybridized carbons (Fsp3) is 0.0769. The molecule has 17 heavy (non-hydrogen) atoms. The van der Waals surface area contributed by atoms with E-state index in [4.69, 9.17) is 0 Å². The average Bonchev–Trinajstić information content (AvgIpc) is 2.91. The summed E-state index contributed by atoms with van der Waals surface area (Å²) in [5.74, 6) is 0. The molecule has 0 aliphatic rings.